The Kier molecular flexibility index (Phi) is 1160. The fraction of sp³-hybridized carbons (Fsp3) is 0. The standard InChI is InChI=1S/Al.3FH.Na.H/h;3*1H;;/q+3;;;;;/p-3. The molecule has 0 radical (unpaired) electrons. The molecule has 0 fully saturated rings. The summed E-state index contributed by atoms with van der Waals surface area (Å²) in [5, 5.41) is 0. The molecule has 26 valence electrons. The van der Waals surface area contributed by atoms with Crippen molar-refractivity contribution in [3.63, 3.8) is 0 Å². The van der Waals surface area contributed by atoms with Crippen molar-refractivity contribution in [3.05, 3.63) is 0 Å². The van der Waals surface area contributed by atoms with Gasteiger partial charge in [-0.25, -0.2) is 0 Å². The summed E-state index contributed by atoms with van der Waals surface area (Å²) in [6.07, 6.45) is 0. The first-order valence-electron chi connectivity index (χ1n) is 0. The Balaban J connectivity index is 0. The van der Waals surface area contributed by atoms with Crippen LogP contribution in [-0.4, -0.2) is 46.9 Å². The summed E-state index contributed by atoms with van der Waals surface area (Å²) in [6, 6.07) is 0. The SMILES string of the molecule is [Al+3].[F-].[F-].[F-].[NaH]. The molecular formula is HAlF3Na. The van der Waals surface area contributed by atoms with Crippen LogP contribution in [0.1, 0.15) is 0 Å². The zero-order chi connectivity index (χ0) is 0. The fourth-order valence-electron chi connectivity index (χ4n) is 0. The molecule has 0 N–H and O–H groups in total. The van der Waals surface area contributed by atoms with Gasteiger partial charge in [0.15, 0.2) is 0 Å². The second-order valence-electron chi connectivity index (χ2n) is 0. The van der Waals surface area contributed by atoms with Crippen LogP contribution in [0, 0.1) is 0 Å². The van der Waals surface area contributed by atoms with Crippen molar-refractivity contribution in [2.45, 2.75) is 0 Å². The molecule has 0 aromatic carbocycles. The van der Waals surface area contributed by atoms with Crippen molar-refractivity contribution < 1.29 is 14.1 Å². The van der Waals surface area contributed by atoms with Crippen LogP contribution in [0.15, 0.2) is 0 Å². The number of hydrogen-bond acceptors (Lipinski definition) is 0. The number of hydrogen-bond donors (Lipinski definition) is 0. The Morgan fingerprint density at radius 1 is 0.600 bits per heavy atom. The van der Waals surface area contributed by atoms with Crippen LogP contribution in [0.4, 0.5) is 0 Å². The Morgan fingerprint density at radius 2 is 0.600 bits per heavy atom. The van der Waals surface area contributed by atoms with Gasteiger partial charge in [0.05, 0.1) is 0 Å². The first-order valence-corrected chi connectivity index (χ1v) is 0. The summed E-state index contributed by atoms with van der Waals surface area (Å²) in [5.41, 5.74) is 0. The fourth-order valence-corrected chi connectivity index (χ4v) is 0. The maximum atomic E-state index is 0. The van der Waals surface area contributed by atoms with Crippen molar-refractivity contribution in [2.75, 3.05) is 0 Å². The molecule has 0 aromatic rings. The summed E-state index contributed by atoms with van der Waals surface area (Å²) in [5.74, 6) is 0. The van der Waals surface area contributed by atoms with Gasteiger partial charge in [-0.2, -0.15) is 0 Å². The third-order valence-corrected chi connectivity index (χ3v) is 0. The van der Waals surface area contributed by atoms with Gasteiger partial charge in [-0.3, -0.25) is 0 Å². The van der Waals surface area contributed by atoms with Gasteiger partial charge in [-0.05, 0) is 0 Å². The molecule has 0 unspecified atom stereocenters. The Bertz CT molecular complexity index is 6.85. The molecule has 0 aliphatic rings. The average Bonchev–Trinajstić information content (AvgIpc) is 0. The molecule has 0 amide bonds. The molecule has 0 saturated carbocycles. The molecule has 0 aliphatic carbocycles. The van der Waals surface area contributed by atoms with Gasteiger partial charge in [0.2, 0.25) is 0 Å². The van der Waals surface area contributed by atoms with Crippen LogP contribution in [0.2, 0.25) is 0 Å². The van der Waals surface area contributed by atoms with E-state index < -0.39 is 0 Å². The van der Waals surface area contributed by atoms with Crippen molar-refractivity contribution in [1.29, 1.82) is 0 Å². The van der Waals surface area contributed by atoms with E-state index in [1.165, 1.54) is 0 Å². The molecule has 0 spiro atoms. The molecule has 5 heteroatoms. The minimum absolute atomic E-state index is 0. The summed E-state index contributed by atoms with van der Waals surface area (Å²) in [4.78, 5) is 0. The van der Waals surface area contributed by atoms with Crippen molar-refractivity contribution >= 4 is 46.9 Å². The van der Waals surface area contributed by atoms with Crippen LogP contribution in [0.5, 0.6) is 0 Å². The average molecular weight is 108 g/mol. The molecule has 0 bridgehead atoms. The van der Waals surface area contributed by atoms with Gasteiger partial charge in [-0.1, -0.05) is 0 Å². The molecule has 0 heterocycles. The van der Waals surface area contributed by atoms with E-state index in [9.17, 15) is 0 Å². The van der Waals surface area contributed by atoms with E-state index in [0.717, 1.165) is 0 Å². The van der Waals surface area contributed by atoms with Gasteiger partial charge in [0.1, 0.15) is 0 Å². The quantitative estimate of drug-likeness (QED) is 0.270. The topological polar surface area (TPSA) is 0 Å². The monoisotopic (exact) mass is 108 g/mol. The number of rotatable bonds is 0. The maximum absolute atomic E-state index is 0. The molecule has 0 nitrogen and oxygen atoms in total. The van der Waals surface area contributed by atoms with Crippen LogP contribution in [0.3, 0.4) is 0 Å². The second-order valence-corrected chi connectivity index (χ2v) is 0. The zero-order valence-electron chi connectivity index (χ0n) is 1.71. The van der Waals surface area contributed by atoms with Crippen molar-refractivity contribution in [3.8, 4) is 0 Å². The molecule has 0 aliphatic heterocycles. The summed E-state index contributed by atoms with van der Waals surface area (Å²) in [6.45, 7) is 0. The Hall–Kier alpha value is 1.32. The summed E-state index contributed by atoms with van der Waals surface area (Å²) >= 11 is 0. The molecule has 0 saturated heterocycles. The normalized spacial score (nSPS) is 0. The molecule has 0 atom stereocenters. The van der Waals surface area contributed by atoms with E-state index in [-0.39, 0.29) is 61.0 Å². The summed E-state index contributed by atoms with van der Waals surface area (Å²) < 4.78 is 0. The first kappa shape index (κ1) is 102. The van der Waals surface area contributed by atoms with E-state index in [1.807, 2.05) is 0 Å². The van der Waals surface area contributed by atoms with Crippen LogP contribution >= 0.6 is 0 Å². The van der Waals surface area contributed by atoms with Crippen LogP contribution in [0.25, 0.3) is 0 Å². The first-order chi connectivity index (χ1) is 0. The van der Waals surface area contributed by atoms with Gasteiger partial charge in [-0.15, -0.1) is 0 Å². The zero-order valence-corrected chi connectivity index (χ0v) is 2.87. The Labute approximate surface area is 60.8 Å². The molecule has 5 heavy (non-hydrogen) atoms. The van der Waals surface area contributed by atoms with Crippen molar-refractivity contribution in [1.82, 2.24) is 0 Å². The van der Waals surface area contributed by atoms with E-state index in [4.69, 9.17) is 0 Å². The predicted molar refractivity (Wildman–Crippen MR) is 12.9 cm³/mol. The van der Waals surface area contributed by atoms with Gasteiger partial charge < -0.3 is 14.1 Å². The predicted octanol–water partition coefficient (Wildman–Crippen LogP) is -10.0. The van der Waals surface area contributed by atoms with Crippen LogP contribution < -0.4 is 14.1 Å². The molecule has 0 rings (SSSR count). The van der Waals surface area contributed by atoms with E-state index in [1.54, 1.807) is 0 Å². The third kappa shape index (κ3) is 33.6. The minimum atomic E-state index is 0. The van der Waals surface area contributed by atoms with Gasteiger partial charge in [0.25, 0.3) is 0 Å². The van der Waals surface area contributed by atoms with Gasteiger partial charge in [0, 0.05) is 0 Å². The second kappa shape index (κ2) is 56.9. The molecular weight excluding hydrogens is 107 g/mol. The van der Waals surface area contributed by atoms with Crippen LogP contribution in [-0.2, 0) is 0 Å². The van der Waals surface area contributed by atoms with Crippen molar-refractivity contribution in [2.24, 2.45) is 0 Å². The van der Waals surface area contributed by atoms with Gasteiger partial charge >= 0.3 is 46.9 Å². The number of halogens is 3. The summed E-state index contributed by atoms with van der Waals surface area (Å²) in [7, 11) is 0. The van der Waals surface area contributed by atoms with E-state index in [0.29, 0.717) is 0 Å². The van der Waals surface area contributed by atoms with E-state index in [2.05, 4.69) is 0 Å². The van der Waals surface area contributed by atoms with E-state index >= 15 is 0 Å². The third-order valence-electron chi connectivity index (χ3n) is 0. The molecule has 0 aromatic heterocycles. The Morgan fingerprint density at radius 3 is 0.600 bits per heavy atom.